The van der Waals surface area contributed by atoms with Crippen molar-refractivity contribution in [2.24, 2.45) is 7.05 Å². The van der Waals surface area contributed by atoms with E-state index in [0.717, 1.165) is 41.5 Å². The fraction of sp³-hybridized carbons (Fsp3) is 0.375. The topological polar surface area (TPSA) is 43.3 Å². The molecule has 0 spiro atoms. The van der Waals surface area contributed by atoms with Crippen molar-refractivity contribution in [1.29, 1.82) is 0 Å². The molecule has 30 heavy (non-hydrogen) atoms. The molecule has 3 aromatic rings. The van der Waals surface area contributed by atoms with Gasteiger partial charge in [-0.1, -0.05) is 47.5 Å². The molecule has 0 aliphatic carbocycles. The molecular formula is C24H26Cl2N2O2. The van der Waals surface area contributed by atoms with Gasteiger partial charge in [0.05, 0.1) is 15.6 Å². The van der Waals surface area contributed by atoms with Crippen molar-refractivity contribution >= 4 is 40.0 Å². The van der Waals surface area contributed by atoms with E-state index in [1.54, 1.807) is 6.07 Å². The molecule has 1 aliphatic rings. The van der Waals surface area contributed by atoms with E-state index in [0.29, 0.717) is 23.0 Å². The van der Waals surface area contributed by atoms with Gasteiger partial charge in [0.15, 0.2) is 0 Å². The Morgan fingerprint density at radius 3 is 2.77 bits per heavy atom. The number of aromatic nitrogens is 1. The average Bonchev–Trinajstić information content (AvgIpc) is 3.31. The minimum atomic E-state index is -0.270. The Kier molecular flexibility index (Phi) is 6.10. The highest BCUT2D eigenvalue weighted by atomic mass is 35.5. The number of hydrogen-bond donors (Lipinski definition) is 1. The van der Waals surface area contributed by atoms with Crippen LogP contribution in [-0.2, 0) is 16.6 Å². The molecule has 2 atom stereocenters. The molecule has 1 fully saturated rings. The van der Waals surface area contributed by atoms with Crippen LogP contribution in [0.4, 0.5) is 0 Å². The highest BCUT2D eigenvalue weighted by Gasteiger charge is 2.31. The molecule has 1 aliphatic heterocycles. The molecule has 2 unspecified atom stereocenters. The summed E-state index contributed by atoms with van der Waals surface area (Å²) in [5, 5.41) is 5.22. The number of amides is 1. The van der Waals surface area contributed by atoms with Gasteiger partial charge in [-0.2, -0.15) is 0 Å². The Labute approximate surface area is 187 Å². The first-order valence-electron chi connectivity index (χ1n) is 10.3. The van der Waals surface area contributed by atoms with E-state index in [1.807, 2.05) is 31.3 Å². The lowest BCUT2D eigenvalue weighted by Crippen LogP contribution is -2.40. The van der Waals surface area contributed by atoms with Crippen LogP contribution in [0.2, 0.25) is 10.0 Å². The fourth-order valence-corrected chi connectivity index (χ4v) is 4.61. The number of carbonyl (C=O) groups is 1. The predicted molar refractivity (Wildman–Crippen MR) is 122 cm³/mol. The number of ether oxygens (including phenoxy) is 1. The van der Waals surface area contributed by atoms with E-state index < -0.39 is 0 Å². The smallest absolute Gasteiger partial charge is 0.221 e. The Hall–Kier alpha value is -2.01. The van der Waals surface area contributed by atoms with Gasteiger partial charge in [0.1, 0.15) is 0 Å². The Morgan fingerprint density at radius 2 is 2.03 bits per heavy atom. The molecule has 158 valence electrons. The van der Waals surface area contributed by atoms with Gasteiger partial charge >= 0.3 is 0 Å². The molecular weight excluding hydrogens is 419 g/mol. The van der Waals surface area contributed by atoms with Crippen LogP contribution in [-0.4, -0.2) is 29.2 Å². The van der Waals surface area contributed by atoms with Crippen LogP contribution in [0.5, 0.6) is 0 Å². The standard InChI is InChI=1S/C24H26Cl2N2O2/c1-24(10-5-11-30-24)15-27-23(29)13-18(16-8-9-20(25)21(26)12-16)19-14-28(2)22-7-4-3-6-17(19)22/h3-4,6-9,12,14,18H,5,10-11,13,15H2,1-2H3,(H,27,29). The summed E-state index contributed by atoms with van der Waals surface area (Å²) >= 11 is 12.5. The summed E-state index contributed by atoms with van der Waals surface area (Å²) in [5.41, 5.74) is 2.93. The van der Waals surface area contributed by atoms with Gasteiger partial charge in [-0.05, 0) is 49.1 Å². The number of nitrogens with one attached hydrogen (secondary N) is 1. The average molecular weight is 445 g/mol. The zero-order valence-corrected chi connectivity index (χ0v) is 18.8. The molecule has 2 heterocycles. The summed E-state index contributed by atoms with van der Waals surface area (Å²) in [5.74, 6) is -0.140. The van der Waals surface area contributed by atoms with Crippen LogP contribution >= 0.6 is 23.2 Å². The minimum Gasteiger partial charge on any atom is -0.373 e. The van der Waals surface area contributed by atoms with E-state index in [9.17, 15) is 4.79 Å². The largest absolute Gasteiger partial charge is 0.373 e. The SMILES string of the molecule is Cn1cc(C(CC(=O)NCC2(C)CCCO2)c2ccc(Cl)c(Cl)c2)c2ccccc21. The summed E-state index contributed by atoms with van der Waals surface area (Å²) in [6.07, 6.45) is 4.43. The maximum atomic E-state index is 13.0. The maximum Gasteiger partial charge on any atom is 0.221 e. The summed E-state index contributed by atoms with van der Waals surface area (Å²) in [6, 6.07) is 13.8. The molecule has 1 amide bonds. The van der Waals surface area contributed by atoms with E-state index >= 15 is 0 Å². The highest BCUT2D eigenvalue weighted by molar-refractivity contribution is 6.42. The van der Waals surface area contributed by atoms with Gasteiger partial charge in [0.2, 0.25) is 5.91 Å². The molecule has 6 heteroatoms. The van der Waals surface area contributed by atoms with Crippen molar-refractivity contribution in [3.63, 3.8) is 0 Å². The monoisotopic (exact) mass is 444 g/mol. The van der Waals surface area contributed by atoms with Crippen LogP contribution in [0, 0.1) is 0 Å². The van der Waals surface area contributed by atoms with Crippen molar-refractivity contribution in [2.45, 2.75) is 37.7 Å². The molecule has 1 N–H and O–H groups in total. The first kappa shape index (κ1) is 21.2. The lowest BCUT2D eigenvalue weighted by Gasteiger charge is -2.24. The lowest BCUT2D eigenvalue weighted by molar-refractivity contribution is -0.122. The zero-order chi connectivity index (χ0) is 21.3. The minimum absolute atomic E-state index is 0.00395. The number of carbonyl (C=O) groups excluding carboxylic acids is 1. The van der Waals surface area contributed by atoms with E-state index in [2.05, 4.69) is 35.1 Å². The highest BCUT2D eigenvalue weighted by Crippen LogP contribution is 2.37. The van der Waals surface area contributed by atoms with Gasteiger partial charge in [-0.15, -0.1) is 0 Å². The van der Waals surface area contributed by atoms with Crippen molar-refractivity contribution in [1.82, 2.24) is 9.88 Å². The normalized spacial score (nSPS) is 19.9. The Balaban J connectivity index is 1.65. The van der Waals surface area contributed by atoms with E-state index in [-0.39, 0.29) is 17.4 Å². The third kappa shape index (κ3) is 4.36. The van der Waals surface area contributed by atoms with Gasteiger partial charge in [0, 0.05) is 49.6 Å². The van der Waals surface area contributed by atoms with Crippen LogP contribution < -0.4 is 5.32 Å². The van der Waals surface area contributed by atoms with Crippen LogP contribution in [0.25, 0.3) is 10.9 Å². The van der Waals surface area contributed by atoms with Gasteiger partial charge in [-0.3, -0.25) is 4.79 Å². The number of benzene rings is 2. The molecule has 4 rings (SSSR count). The van der Waals surface area contributed by atoms with Gasteiger partial charge < -0.3 is 14.6 Å². The Morgan fingerprint density at radius 1 is 1.23 bits per heavy atom. The number of fused-ring (bicyclic) bond motifs is 1. The quantitative estimate of drug-likeness (QED) is 0.530. The van der Waals surface area contributed by atoms with Crippen molar-refractivity contribution < 1.29 is 9.53 Å². The van der Waals surface area contributed by atoms with E-state index in [4.69, 9.17) is 27.9 Å². The molecule has 0 radical (unpaired) electrons. The van der Waals surface area contributed by atoms with Crippen molar-refractivity contribution in [2.75, 3.05) is 13.2 Å². The van der Waals surface area contributed by atoms with E-state index in [1.165, 1.54) is 0 Å². The van der Waals surface area contributed by atoms with Crippen LogP contribution in [0.1, 0.15) is 43.2 Å². The second-order valence-corrected chi connectivity index (χ2v) is 9.14. The molecule has 0 bridgehead atoms. The third-order valence-corrected chi connectivity index (χ3v) is 6.74. The second kappa shape index (κ2) is 8.62. The summed E-state index contributed by atoms with van der Waals surface area (Å²) in [6.45, 7) is 3.34. The molecule has 1 saturated heterocycles. The third-order valence-electron chi connectivity index (χ3n) is 6.00. The Bertz CT molecular complexity index is 1070. The zero-order valence-electron chi connectivity index (χ0n) is 17.3. The first-order valence-corrected chi connectivity index (χ1v) is 11.0. The summed E-state index contributed by atoms with van der Waals surface area (Å²) in [7, 11) is 2.02. The number of halogens is 2. The maximum absolute atomic E-state index is 13.0. The fourth-order valence-electron chi connectivity index (χ4n) is 4.31. The molecule has 1 aromatic heterocycles. The summed E-state index contributed by atoms with van der Waals surface area (Å²) in [4.78, 5) is 13.0. The lowest BCUT2D eigenvalue weighted by atomic mass is 9.88. The number of aryl methyl sites for hydroxylation is 1. The number of hydrogen-bond acceptors (Lipinski definition) is 2. The van der Waals surface area contributed by atoms with Crippen LogP contribution in [0.15, 0.2) is 48.7 Å². The predicted octanol–water partition coefficient (Wildman–Crippen LogP) is 5.69. The number of rotatable bonds is 6. The van der Waals surface area contributed by atoms with Crippen LogP contribution in [0.3, 0.4) is 0 Å². The second-order valence-electron chi connectivity index (χ2n) is 8.32. The van der Waals surface area contributed by atoms with Gasteiger partial charge in [0.25, 0.3) is 0 Å². The van der Waals surface area contributed by atoms with Crippen molar-refractivity contribution in [3.8, 4) is 0 Å². The summed E-state index contributed by atoms with van der Waals surface area (Å²) < 4.78 is 7.90. The number of nitrogens with zero attached hydrogens (tertiary/aromatic N) is 1. The molecule has 4 nitrogen and oxygen atoms in total. The van der Waals surface area contributed by atoms with Crippen molar-refractivity contribution in [3.05, 3.63) is 69.8 Å². The first-order chi connectivity index (χ1) is 14.4. The van der Waals surface area contributed by atoms with Gasteiger partial charge in [-0.25, -0.2) is 0 Å². The molecule has 2 aromatic carbocycles. The molecule has 0 saturated carbocycles. The number of para-hydroxylation sites is 1.